The Labute approximate surface area is 104 Å². The molecule has 0 amide bonds. The highest BCUT2D eigenvalue weighted by molar-refractivity contribution is 5.21. The van der Waals surface area contributed by atoms with Crippen molar-refractivity contribution in [3.8, 4) is 0 Å². The molecule has 1 aliphatic heterocycles. The summed E-state index contributed by atoms with van der Waals surface area (Å²) in [7, 11) is 0. The summed E-state index contributed by atoms with van der Waals surface area (Å²) in [6.45, 7) is 2.39. The minimum atomic E-state index is 0.406. The van der Waals surface area contributed by atoms with Gasteiger partial charge in [0, 0.05) is 17.3 Å². The number of piperidine rings is 1. The fourth-order valence-electron chi connectivity index (χ4n) is 3.91. The number of nitrogens with zero attached hydrogens (tertiary/aromatic N) is 1. The Kier molecular flexibility index (Phi) is 3.15. The van der Waals surface area contributed by atoms with E-state index in [0.29, 0.717) is 5.41 Å². The molecule has 2 fully saturated rings. The van der Waals surface area contributed by atoms with Crippen LogP contribution >= 0.6 is 0 Å². The van der Waals surface area contributed by atoms with Gasteiger partial charge in [0.25, 0.3) is 0 Å². The fraction of sp³-hybridized carbons (Fsp3) is 0.667. The number of aromatic nitrogens is 1. The third kappa shape index (κ3) is 1.99. The lowest BCUT2D eigenvalue weighted by Gasteiger charge is -2.39. The van der Waals surface area contributed by atoms with Crippen LogP contribution in [0.3, 0.4) is 0 Å². The van der Waals surface area contributed by atoms with Crippen LogP contribution in [0.5, 0.6) is 0 Å². The minimum absolute atomic E-state index is 0.406. The maximum Gasteiger partial charge on any atom is 0.0468 e. The predicted octanol–water partition coefficient (Wildman–Crippen LogP) is 2.89. The number of pyridine rings is 1. The van der Waals surface area contributed by atoms with Crippen LogP contribution < -0.4 is 5.32 Å². The van der Waals surface area contributed by atoms with E-state index < -0.39 is 0 Å². The molecule has 0 aromatic carbocycles. The molecule has 1 aromatic heterocycles. The first kappa shape index (κ1) is 11.2. The van der Waals surface area contributed by atoms with Crippen LogP contribution in [0.2, 0.25) is 0 Å². The van der Waals surface area contributed by atoms with E-state index in [1.54, 1.807) is 0 Å². The van der Waals surface area contributed by atoms with Gasteiger partial charge in [0.2, 0.25) is 0 Å². The number of nitrogens with one attached hydrogen (secondary N) is 1. The van der Waals surface area contributed by atoms with Crippen molar-refractivity contribution in [2.24, 2.45) is 5.92 Å². The summed E-state index contributed by atoms with van der Waals surface area (Å²) < 4.78 is 0. The molecular formula is C15H22N2. The van der Waals surface area contributed by atoms with Gasteiger partial charge in [-0.25, -0.2) is 0 Å². The van der Waals surface area contributed by atoms with E-state index in [9.17, 15) is 0 Å². The molecule has 2 nitrogen and oxygen atoms in total. The van der Waals surface area contributed by atoms with Crippen molar-refractivity contribution in [3.63, 3.8) is 0 Å². The lowest BCUT2D eigenvalue weighted by atomic mass is 9.67. The fourth-order valence-corrected chi connectivity index (χ4v) is 3.91. The zero-order valence-electron chi connectivity index (χ0n) is 10.5. The summed E-state index contributed by atoms with van der Waals surface area (Å²) >= 11 is 0. The first-order valence-corrected chi connectivity index (χ1v) is 7.04. The van der Waals surface area contributed by atoms with Crippen LogP contribution in [-0.4, -0.2) is 18.1 Å². The molecule has 0 atom stereocenters. The van der Waals surface area contributed by atoms with Crippen LogP contribution in [0.25, 0.3) is 0 Å². The Balaban J connectivity index is 1.92. The van der Waals surface area contributed by atoms with E-state index >= 15 is 0 Å². The molecule has 0 spiro atoms. The summed E-state index contributed by atoms with van der Waals surface area (Å²) in [4.78, 5) is 4.69. The molecule has 17 heavy (non-hydrogen) atoms. The minimum Gasteiger partial charge on any atom is -0.317 e. The van der Waals surface area contributed by atoms with Crippen molar-refractivity contribution in [1.29, 1.82) is 0 Å². The molecule has 0 radical (unpaired) electrons. The van der Waals surface area contributed by atoms with Gasteiger partial charge in [0.05, 0.1) is 0 Å². The van der Waals surface area contributed by atoms with Gasteiger partial charge in [0.15, 0.2) is 0 Å². The highest BCUT2D eigenvalue weighted by Crippen LogP contribution is 2.48. The van der Waals surface area contributed by atoms with Gasteiger partial charge < -0.3 is 5.32 Å². The monoisotopic (exact) mass is 230 g/mol. The van der Waals surface area contributed by atoms with E-state index in [2.05, 4.69) is 22.4 Å². The topological polar surface area (TPSA) is 24.9 Å². The van der Waals surface area contributed by atoms with Crippen molar-refractivity contribution >= 4 is 0 Å². The maximum atomic E-state index is 4.69. The van der Waals surface area contributed by atoms with Crippen LogP contribution in [-0.2, 0) is 5.41 Å². The molecule has 0 bridgehead atoms. The Morgan fingerprint density at radius 1 is 1.12 bits per heavy atom. The van der Waals surface area contributed by atoms with Crippen molar-refractivity contribution in [3.05, 3.63) is 30.1 Å². The normalized spacial score (nSPS) is 24.9. The standard InChI is InChI=1S/C15H22N2/c1-4-10-17-14(5-1)15(8-2-3-9-15)13-6-11-16-12-7-13/h1,4-5,10,13,16H,2-3,6-9,11-12H2. The Morgan fingerprint density at radius 3 is 2.53 bits per heavy atom. The second-order valence-corrected chi connectivity index (χ2v) is 5.60. The van der Waals surface area contributed by atoms with E-state index in [1.807, 2.05) is 12.3 Å². The van der Waals surface area contributed by atoms with Gasteiger partial charge in [-0.05, 0) is 56.8 Å². The van der Waals surface area contributed by atoms with Crippen molar-refractivity contribution in [2.75, 3.05) is 13.1 Å². The Bertz CT molecular complexity index is 348. The molecule has 2 aliphatic rings. The number of hydrogen-bond acceptors (Lipinski definition) is 2. The molecule has 3 rings (SSSR count). The van der Waals surface area contributed by atoms with Gasteiger partial charge in [-0.15, -0.1) is 0 Å². The largest absolute Gasteiger partial charge is 0.317 e. The predicted molar refractivity (Wildman–Crippen MR) is 70.0 cm³/mol. The van der Waals surface area contributed by atoms with Crippen LogP contribution in [0.15, 0.2) is 24.4 Å². The quantitative estimate of drug-likeness (QED) is 0.845. The summed E-state index contributed by atoms with van der Waals surface area (Å²) in [6, 6.07) is 6.45. The van der Waals surface area contributed by atoms with E-state index in [-0.39, 0.29) is 0 Å². The lowest BCUT2D eigenvalue weighted by Crippen LogP contribution is -2.40. The van der Waals surface area contributed by atoms with Gasteiger partial charge in [-0.2, -0.15) is 0 Å². The summed E-state index contributed by atoms with van der Waals surface area (Å²) in [5.41, 5.74) is 1.77. The van der Waals surface area contributed by atoms with Gasteiger partial charge in [0.1, 0.15) is 0 Å². The summed E-state index contributed by atoms with van der Waals surface area (Å²) in [6.07, 6.45) is 10.1. The number of hydrogen-bond donors (Lipinski definition) is 1. The van der Waals surface area contributed by atoms with E-state index in [0.717, 1.165) is 5.92 Å². The van der Waals surface area contributed by atoms with Gasteiger partial charge >= 0.3 is 0 Å². The SMILES string of the molecule is c1ccc(C2(C3CCNCC3)CCCC2)nc1. The molecular weight excluding hydrogens is 208 g/mol. The highest BCUT2D eigenvalue weighted by Gasteiger charge is 2.43. The van der Waals surface area contributed by atoms with Gasteiger partial charge in [-0.3, -0.25) is 4.98 Å². The molecule has 1 saturated heterocycles. The van der Waals surface area contributed by atoms with Crippen LogP contribution in [0, 0.1) is 5.92 Å². The zero-order chi connectivity index (χ0) is 11.6. The second-order valence-electron chi connectivity index (χ2n) is 5.60. The molecule has 1 aliphatic carbocycles. The molecule has 2 heterocycles. The maximum absolute atomic E-state index is 4.69. The average molecular weight is 230 g/mol. The van der Waals surface area contributed by atoms with Crippen molar-refractivity contribution in [2.45, 2.75) is 43.9 Å². The van der Waals surface area contributed by atoms with Crippen molar-refractivity contribution in [1.82, 2.24) is 10.3 Å². The lowest BCUT2D eigenvalue weighted by molar-refractivity contribution is 0.209. The molecule has 1 saturated carbocycles. The van der Waals surface area contributed by atoms with E-state index in [4.69, 9.17) is 0 Å². The first-order chi connectivity index (χ1) is 8.42. The summed E-state index contributed by atoms with van der Waals surface area (Å²) in [5, 5.41) is 3.49. The average Bonchev–Trinajstić information content (AvgIpc) is 2.91. The zero-order valence-corrected chi connectivity index (χ0v) is 10.5. The molecule has 0 unspecified atom stereocenters. The van der Waals surface area contributed by atoms with Crippen molar-refractivity contribution < 1.29 is 0 Å². The third-order valence-electron chi connectivity index (χ3n) is 4.79. The molecule has 2 heteroatoms. The smallest absolute Gasteiger partial charge is 0.0468 e. The molecule has 1 aromatic rings. The third-order valence-corrected chi connectivity index (χ3v) is 4.79. The van der Waals surface area contributed by atoms with Crippen LogP contribution in [0.4, 0.5) is 0 Å². The summed E-state index contributed by atoms with van der Waals surface area (Å²) in [5.74, 6) is 0.848. The van der Waals surface area contributed by atoms with E-state index in [1.165, 1.54) is 57.3 Å². The highest BCUT2D eigenvalue weighted by atomic mass is 14.9. The van der Waals surface area contributed by atoms with Gasteiger partial charge in [-0.1, -0.05) is 18.9 Å². The molecule has 92 valence electrons. The molecule has 1 N–H and O–H groups in total. The number of rotatable bonds is 2. The Hall–Kier alpha value is -0.890. The van der Waals surface area contributed by atoms with Crippen LogP contribution in [0.1, 0.15) is 44.2 Å². The second kappa shape index (κ2) is 4.77. The Morgan fingerprint density at radius 2 is 1.88 bits per heavy atom. The first-order valence-electron chi connectivity index (χ1n) is 7.04.